The number of amides is 2. The number of anilines is 1. The van der Waals surface area contributed by atoms with Crippen molar-refractivity contribution in [1.29, 1.82) is 0 Å². The zero-order valence-corrected chi connectivity index (χ0v) is 11.0. The van der Waals surface area contributed by atoms with Gasteiger partial charge in [-0.2, -0.15) is 0 Å². The second kappa shape index (κ2) is 6.16. The number of nitrogens with two attached hydrogens (primary N) is 1. The van der Waals surface area contributed by atoms with Gasteiger partial charge in [-0.15, -0.1) is 0 Å². The first kappa shape index (κ1) is 14.2. The van der Waals surface area contributed by atoms with Gasteiger partial charge < -0.3 is 16.0 Å². The first-order chi connectivity index (χ1) is 8.40. The Morgan fingerprint density at radius 1 is 1.22 bits per heavy atom. The van der Waals surface area contributed by atoms with Crippen LogP contribution in [0.3, 0.4) is 0 Å². The summed E-state index contributed by atoms with van der Waals surface area (Å²) >= 11 is 0. The molecule has 2 amide bonds. The summed E-state index contributed by atoms with van der Waals surface area (Å²) in [5, 5.41) is 2.87. The van der Waals surface area contributed by atoms with Crippen molar-refractivity contribution in [3.63, 3.8) is 0 Å². The van der Waals surface area contributed by atoms with E-state index in [0.717, 1.165) is 21.7 Å². The average molecular weight is 250 g/mol. The molecule has 0 spiro atoms. The van der Waals surface area contributed by atoms with E-state index in [1.807, 2.05) is 32.0 Å². The van der Waals surface area contributed by atoms with E-state index in [1.54, 1.807) is 7.05 Å². The quantitative estimate of drug-likeness (QED) is 0.642. The molecule has 0 saturated heterocycles. The fourth-order valence-electron chi connectivity index (χ4n) is 1.83. The molecule has 0 saturated carbocycles. The van der Waals surface area contributed by atoms with Crippen LogP contribution in [0.2, 0.25) is 0 Å². The van der Waals surface area contributed by atoms with Gasteiger partial charge >= 0.3 is 0 Å². The fourth-order valence-corrected chi connectivity index (χ4v) is 1.83. The molecule has 98 valence electrons. The highest BCUT2D eigenvalue weighted by molar-refractivity contribution is 5.93. The summed E-state index contributed by atoms with van der Waals surface area (Å²) in [4.78, 5) is 23.3. The van der Waals surface area contributed by atoms with Gasteiger partial charge in [-0.25, -0.2) is 0 Å². The van der Waals surface area contributed by atoms with E-state index >= 15 is 0 Å². The van der Waals surface area contributed by atoms with Crippen molar-refractivity contribution in [3.8, 4) is 0 Å². The minimum Gasteiger partial charge on any atom is -0.365 e. The maximum Gasteiger partial charge on any atom is 0.279 e. The van der Waals surface area contributed by atoms with Gasteiger partial charge in [-0.1, -0.05) is 18.2 Å². The van der Waals surface area contributed by atoms with Crippen LogP contribution in [0.4, 0.5) is 5.69 Å². The molecular formula is C13H20N3O2+. The van der Waals surface area contributed by atoms with E-state index in [1.165, 1.54) is 0 Å². The minimum atomic E-state index is -0.410. The maximum absolute atomic E-state index is 11.8. The topological polar surface area (TPSA) is 76.6 Å². The van der Waals surface area contributed by atoms with Gasteiger partial charge in [0.05, 0.1) is 7.05 Å². The number of para-hydroxylation sites is 1. The van der Waals surface area contributed by atoms with E-state index < -0.39 is 5.91 Å². The normalized spacial score (nSPS) is 11.9. The summed E-state index contributed by atoms with van der Waals surface area (Å²) in [6.07, 6.45) is 0. The number of hydrogen-bond donors (Lipinski definition) is 3. The molecule has 18 heavy (non-hydrogen) atoms. The van der Waals surface area contributed by atoms with Crippen LogP contribution in [0.25, 0.3) is 0 Å². The molecule has 0 aliphatic heterocycles. The first-order valence-electron chi connectivity index (χ1n) is 5.86. The SMILES string of the molecule is Cc1cccc(C)c1NC(=O)C[NH+](C)CC(N)=O. The molecule has 1 atom stereocenters. The number of carbonyl (C=O) groups excluding carboxylic acids is 2. The monoisotopic (exact) mass is 250 g/mol. The lowest BCUT2D eigenvalue weighted by molar-refractivity contribution is -0.862. The Bertz CT molecular complexity index is 437. The van der Waals surface area contributed by atoms with Gasteiger partial charge in [0.25, 0.3) is 11.8 Å². The molecule has 0 radical (unpaired) electrons. The maximum atomic E-state index is 11.8. The number of nitrogens with one attached hydrogen (secondary N) is 2. The highest BCUT2D eigenvalue weighted by atomic mass is 16.2. The van der Waals surface area contributed by atoms with E-state index in [2.05, 4.69) is 5.32 Å². The van der Waals surface area contributed by atoms with Crippen molar-refractivity contribution in [2.24, 2.45) is 5.73 Å². The van der Waals surface area contributed by atoms with Crippen LogP contribution in [0, 0.1) is 13.8 Å². The van der Waals surface area contributed by atoms with Crippen LogP contribution < -0.4 is 16.0 Å². The van der Waals surface area contributed by atoms with Gasteiger partial charge in [-0.05, 0) is 25.0 Å². The molecule has 0 aromatic heterocycles. The third-order valence-corrected chi connectivity index (χ3v) is 2.68. The average Bonchev–Trinajstić information content (AvgIpc) is 2.22. The summed E-state index contributed by atoms with van der Waals surface area (Å²) in [5.74, 6) is -0.529. The molecule has 0 aliphatic carbocycles. The Morgan fingerprint density at radius 2 is 1.78 bits per heavy atom. The number of primary amides is 1. The van der Waals surface area contributed by atoms with Gasteiger partial charge in [0.2, 0.25) is 0 Å². The molecule has 0 aliphatic rings. The Kier molecular flexibility index (Phi) is 4.85. The lowest BCUT2D eigenvalue weighted by Gasteiger charge is -2.14. The molecule has 0 bridgehead atoms. The predicted octanol–water partition coefficient (Wildman–Crippen LogP) is -0.758. The van der Waals surface area contributed by atoms with Crippen molar-refractivity contribution in [1.82, 2.24) is 0 Å². The predicted molar refractivity (Wildman–Crippen MR) is 70.4 cm³/mol. The Hall–Kier alpha value is -1.88. The minimum absolute atomic E-state index is 0.119. The molecule has 1 rings (SSSR count). The van der Waals surface area contributed by atoms with Gasteiger partial charge in [0.15, 0.2) is 13.1 Å². The zero-order chi connectivity index (χ0) is 13.7. The molecule has 1 unspecified atom stereocenters. The number of likely N-dealkylation sites (N-methyl/N-ethyl adjacent to an activating group) is 1. The van der Waals surface area contributed by atoms with Crippen molar-refractivity contribution >= 4 is 17.5 Å². The van der Waals surface area contributed by atoms with Crippen LogP contribution in [-0.2, 0) is 9.59 Å². The molecule has 0 heterocycles. The number of aryl methyl sites for hydroxylation is 2. The molecule has 1 aromatic carbocycles. The second-order valence-corrected chi connectivity index (χ2v) is 4.59. The van der Waals surface area contributed by atoms with Gasteiger partial charge in [-0.3, -0.25) is 9.59 Å². The number of hydrogen-bond acceptors (Lipinski definition) is 2. The standard InChI is InChI=1S/C13H19N3O2/c1-9-5-4-6-10(2)13(9)15-12(18)8-16(3)7-11(14)17/h4-6H,7-8H2,1-3H3,(H2,14,17)(H,15,18)/p+1. The number of carbonyl (C=O) groups is 2. The third kappa shape index (κ3) is 4.18. The Morgan fingerprint density at radius 3 is 2.28 bits per heavy atom. The van der Waals surface area contributed by atoms with Crippen LogP contribution in [0.1, 0.15) is 11.1 Å². The summed E-state index contributed by atoms with van der Waals surface area (Å²) in [7, 11) is 1.76. The lowest BCUT2D eigenvalue weighted by atomic mass is 10.1. The summed E-state index contributed by atoms with van der Waals surface area (Å²) < 4.78 is 0. The second-order valence-electron chi connectivity index (χ2n) is 4.59. The van der Waals surface area contributed by atoms with Crippen LogP contribution in [0.15, 0.2) is 18.2 Å². The van der Waals surface area contributed by atoms with E-state index in [9.17, 15) is 9.59 Å². The fraction of sp³-hybridized carbons (Fsp3) is 0.385. The van der Waals surface area contributed by atoms with E-state index in [0.29, 0.717) is 0 Å². The summed E-state index contributed by atoms with van der Waals surface area (Å²) in [6, 6.07) is 5.84. The molecule has 0 fully saturated rings. The number of quaternary nitrogens is 1. The number of rotatable bonds is 5. The molecule has 5 nitrogen and oxygen atoms in total. The first-order valence-corrected chi connectivity index (χ1v) is 5.86. The molecule has 4 N–H and O–H groups in total. The van der Waals surface area contributed by atoms with E-state index in [4.69, 9.17) is 5.73 Å². The lowest BCUT2D eigenvalue weighted by Crippen LogP contribution is -3.11. The molecule has 1 aromatic rings. The van der Waals surface area contributed by atoms with Crippen molar-refractivity contribution in [2.45, 2.75) is 13.8 Å². The summed E-state index contributed by atoms with van der Waals surface area (Å²) in [5.41, 5.74) is 7.97. The Labute approximate surface area is 107 Å². The highest BCUT2D eigenvalue weighted by Crippen LogP contribution is 2.18. The zero-order valence-electron chi connectivity index (χ0n) is 11.0. The molecule has 5 heteroatoms. The van der Waals surface area contributed by atoms with Crippen molar-refractivity contribution < 1.29 is 14.5 Å². The smallest absolute Gasteiger partial charge is 0.279 e. The van der Waals surface area contributed by atoms with Crippen LogP contribution in [-0.4, -0.2) is 32.0 Å². The van der Waals surface area contributed by atoms with E-state index in [-0.39, 0.29) is 19.0 Å². The molecular weight excluding hydrogens is 230 g/mol. The third-order valence-electron chi connectivity index (χ3n) is 2.68. The van der Waals surface area contributed by atoms with Crippen LogP contribution in [0.5, 0.6) is 0 Å². The van der Waals surface area contributed by atoms with Crippen molar-refractivity contribution in [3.05, 3.63) is 29.3 Å². The van der Waals surface area contributed by atoms with Gasteiger partial charge in [0.1, 0.15) is 0 Å². The summed E-state index contributed by atoms with van der Waals surface area (Å²) in [6.45, 7) is 4.27. The highest BCUT2D eigenvalue weighted by Gasteiger charge is 2.13. The Balaban J connectivity index is 2.62. The van der Waals surface area contributed by atoms with Gasteiger partial charge in [0, 0.05) is 5.69 Å². The number of benzene rings is 1. The van der Waals surface area contributed by atoms with Crippen molar-refractivity contribution in [2.75, 3.05) is 25.5 Å². The van der Waals surface area contributed by atoms with Crippen LogP contribution >= 0.6 is 0 Å². The largest absolute Gasteiger partial charge is 0.365 e.